The monoisotopic (exact) mass is 607 g/mol. The minimum absolute atomic E-state index is 0.0416. The first-order valence-corrected chi connectivity index (χ1v) is 15.3. The molecule has 2 aromatic carbocycles. The standard InChI is InChI=1S/C35H34FN5O4/c1-43-34(42)25-7-8-30-31(16-25)41(18-27-11-14-44-27)32(38-30)19-40-21-35(22-40)12-9-24(10-13-35)29-3-2-4-33(39-29)45-20-26-6-5-23(17-37)15-28(26)36/h2-9,15-16,27H,10-14,18-22H2,1H3/t27-/m0/s1. The SMILES string of the molecule is COC(=O)c1ccc2nc(CN3CC4(CC=C(c5cccc(OCc6ccc(C#N)cc6F)n5)CC4)C3)n(C[C@@H]3CCO3)c2c1. The van der Waals surface area contributed by atoms with Gasteiger partial charge in [-0.15, -0.1) is 0 Å². The zero-order valence-electron chi connectivity index (χ0n) is 25.2. The van der Waals surface area contributed by atoms with E-state index in [2.05, 4.69) is 15.5 Å². The van der Waals surface area contributed by atoms with E-state index in [-0.39, 0.29) is 29.7 Å². The van der Waals surface area contributed by atoms with Crippen LogP contribution >= 0.6 is 0 Å². The summed E-state index contributed by atoms with van der Waals surface area (Å²) >= 11 is 0. The number of imidazole rings is 1. The van der Waals surface area contributed by atoms with Gasteiger partial charge >= 0.3 is 5.97 Å². The zero-order valence-corrected chi connectivity index (χ0v) is 25.2. The fourth-order valence-corrected chi connectivity index (χ4v) is 6.61. The molecule has 0 bridgehead atoms. The van der Waals surface area contributed by atoms with Crippen LogP contribution in [0.3, 0.4) is 0 Å². The Bertz CT molecular complexity index is 1830. The Labute approximate surface area is 260 Å². The van der Waals surface area contributed by atoms with E-state index in [1.54, 1.807) is 24.3 Å². The summed E-state index contributed by atoms with van der Waals surface area (Å²) in [6.45, 7) is 4.30. The van der Waals surface area contributed by atoms with Gasteiger partial charge in [0.2, 0.25) is 5.88 Å². The number of nitrogens with zero attached hydrogens (tertiary/aromatic N) is 5. The molecule has 0 amide bonds. The zero-order chi connectivity index (χ0) is 31.0. The molecule has 2 fully saturated rings. The molecule has 45 heavy (non-hydrogen) atoms. The summed E-state index contributed by atoms with van der Waals surface area (Å²) in [5, 5.41) is 8.95. The maximum Gasteiger partial charge on any atom is 0.337 e. The van der Waals surface area contributed by atoms with Crippen molar-refractivity contribution < 1.29 is 23.4 Å². The van der Waals surface area contributed by atoms with E-state index in [9.17, 15) is 9.18 Å². The Morgan fingerprint density at radius 2 is 2.04 bits per heavy atom. The number of pyridine rings is 1. The molecule has 4 heterocycles. The smallest absolute Gasteiger partial charge is 0.337 e. The summed E-state index contributed by atoms with van der Waals surface area (Å²) in [4.78, 5) is 24.3. The van der Waals surface area contributed by atoms with Crippen LogP contribution in [-0.2, 0) is 29.2 Å². The molecule has 9 nitrogen and oxygen atoms in total. The number of halogens is 1. The molecule has 7 rings (SSSR count). The largest absolute Gasteiger partial charge is 0.473 e. The summed E-state index contributed by atoms with van der Waals surface area (Å²) in [7, 11) is 1.40. The van der Waals surface area contributed by atoms with Crippen LogP contribution in [0.25, 0.3) is 16.6 Å². The second kappa shape index (κ2) is 12.1. The number of hydrogen-bond donors (Lipinski definition) is 0. The molecule has 3 aliphatic rings. The number of esters is 1. The van der Waals surface area contributed by atoms with Crippen molar-refractivity contribution in [3.8, 4) is 11.9 Å². The van der Waals surface area contributed by atoms with E-state index in [4.69, 9.17) is 29.4 Å². The third-order valence-corrected chi connectivity index (χ3v) is 9.23. The van der Waals surface area contributed by atoms with Crippen molar-refractivity contribution in [2.45, 2.75) is 51.5 Å². The minimum Gasteiger partial charge on any atom is -0.473 e. The quantitative estimate of drug-likeness (QED) is 0.225. The van der Waals surface area contributed by atoms with Crippen molar-refractivity contribution in [1.29, 1.82) is 5.26 Å². The van der Waals surface area contributed by atoms with E-state index >= 15 is 0 Å². The summed E-state index contributed by atoms with van der Waals surface area (Å²) in [5.41, 5.74) is 5.33. The van der Waals surface area contributed by atoms with Crippen LogP contribution in [-0.4, -0.2) is 58.3 Å². The van der Waals surface area contributed by atoms with Crippen molar-refractivity contribution in [1.82, 2.24) is 19.4 Å². The first-order valence-electron chi connectivity index (χ1n) is 15.3. The van der Waals surface area contributed by atoms with Gasteiger partial charge in [-0.2, -0.15) is 5.26 Å². The van der Waals surface area contributed by atoms with Crippen LogP contribution in [0, 0.1) is 22.6 Å². The number of nitriles is 1. The van der Waals surface area contributed by atoms with Crippen molar-refractivity contribution in [2.75, 3.05) is 26.8 Å². The highest BCUT2D eigenvalue weighted by Gasteiger charge is 2.43. The predicted octanol–water partition coefficient (Wildman–Crippen LogP) is 5.67. The molecule has 1 aliphatic carbocycles. The van der Waals surface area contributed by atoms with E-state index in [1.165, 1.54) is 18.7 Å². The number of carbonyl (C=O) groups excluding carboxylic acids is 1. The molecule has 0 saturated carbocycles. The van der Waals surface area contributed by atoms with Crippen LogP contribution < -0.4 is 4.74 Å². The molecule has 2 aromatic heterocycles. The molecule has 0 unspecified atom stereocenters. The van der Waals surface area contributed by atoms with Gasteiger partial charge in [0.05, 0.1) is 60.2 Å². The third kappa shape index (κ3) is 5.93. The highest BCUT2D eigenvalue weighted by atomic mass is 19.1. The fraction of sp³-hybridized carbons (Fsp3) is 0.371. The number of allylic oxidation sites excluding steroid dienone is 2. The summed E-state index contributed by atoms with van der Waals surface area (Å²) in [6, 6.07) is 17.5. The number of benzene rings is 2. The number of aromatic nitrogens is 3. The second-order valence-corrected chi connectivity index (χ2v) is 12.3. The van der Waals surface area contributed by atoms with Gasteiger partial charge in [-0.3, -0.25) is 4.90 Å². The Hall–Kier alpha value is -4.59. The van der Waals surface area contributed by atoms with Crippen LogP contribution in [0.4, 0.5) is 4.39 Å². The number of likely N-dealkylation sites (tertiary alicyclic amines) is 1. The first-order chi connectivity index (χ1) is 21.9. The Balaban J connectivity index is 0.992. The van der Waals surface area contributed by atoms with Gasteiger partial charge in [0.1, 0.15) is 18.2 Å². The average Bonchev–Trinajstić information content (AvgIpc) is 3.37. The van der Waals surface area contributed by atoms with E-state index in [1.807, 2.05) is 30.3 Å². The number of methoxy groups -OCH3 is 1. The Kier molecular flexibility index (Phi) is 7.81. The number of rotatable bonds is 9. The van der Waals surface area contributed by atoms with Crippen LogP contribution in [0.15, 0.2) is 60.7 Å². The van der Waals surface area contributed by atoms with E-state index < -0.39 is 5.82 Å². The maximum absolute atomic E-state index is 14.3. The predicted molar refractivity (Wildman–Crippen MR) is 165 cm³/mol. The second-order valence-electron chi connectivity index (χ2n) is 12.3. The first kappa shape index (κ1) is 29.1. The molecule has 0 N–H and O–H groups in total. The number of carbonyl (C=O) groups is 1. The van der Waals surface area contributed by atoms with Crippen LogP contribution in [0.5, 0.6) is 5.88 Å². The maximum atomic E-state index is 14.3. The van der Waals surface area contributed by atoms with E-state index in [0.29, 0.717) is 17.0 Å². The van der Waals surface area contributed by atoms with Gasteiger partial charge in [-0.05, 0) is 73.1 Å². The van der Waals surface area contributed by atoms with Gasteiger partial charge in [-0.1, -0.05) is 18.2 Å². The lowest BCUT2D eigenvalue weighted by molar-refractivity contribution is -0.0600. The Morgan fingerprint density at radius 3 is 2.76 bits per heavy atom. The van der Waals surface area contributed by atoms with Gasteiger partial charge < -0.3 is 18.8 Å². The number of hydrogen-bond acceptors (Lipinski definition) is 8. The van der Waals surface area contributed by atoms with Crippen LogP contribution in [0.2, 0.25) is 0 Å². The van der Waals surface area contributed by atoms with Crippen molar-refractivity contribution >= 4 is 22.6 Å². The lowest BCUT2D eigenvalue weighted by Crippen LogP contribution is -2.56. The molecule has 230 valence electrons. The third-order valence-electron chi connectivity index (χ3n) is 9.23. The molecule has 2 saturated heterocycles. The molecule has 10 heteroatoms. The highest BCUT2D eigenvalue weighted by Crippen LogP contribution is 2.45. The van der Waals surface area contributed by atoms with E-state index in [0.717, 1.165) is 81.0 Å². The number of fused-ring (bicyclic) bond motifs is 1. The molecule has 0 radical (unpaired) electrons. The Morgan fingerprint density at radius 1 is 1.18 bits per heavy atom. The van der Waals surface area contributed by atoms with Crippen molar-refractivity contribution in [2.24, 2.45) is 5.41 Å². The summed E-state index contributed by atoms with van der Waals surface area (Å²) in [5.74, 6) is 0.623. The molecular weight excluding hydrogens is 573 g/mol. The van der Waals surface area contributed by atoms with Gasteiger partial charge in [0.25, 0.3) is 0 Å². The topological polar surface area (TPSA) is 102 Å². The van der Waals surface area contributed by atoms with Gasteiger partial charge in [-0.25, -0.2) is 19.2 Å². The molecular formula is C35H34FN5O4. The lowest BCUT2D eigenvalue weighted by Gasteiger charge is -2.51. The van der Waals surface area contributed by atoms with Crippen LogP contribution in [0.1, 0.15) is 58.7 Å². The summed E-state index contributed by atoms with van der Waals surface area (Å²) in [6.07, 6.45) is 6.50. The molecule has 4 aromatic rings. The fourth-order valence-electron chi connectivity index (χ4n) is 6.61. The number of ether oxygens (including phenoxy) is 3. The average molecular weight is 608 g/mol. The highest BCUT2D eigenvalue weighted by molar-refractivity contribution is 5.93. The van der Waals surface area contributed by atoms with Gasteiger partial charge in [0, 0.05) is 31.3 Å². The molecule has 1 atom stereocenters. The minimum atomic E-state index is -0.461. The van der Waals surface area contributed by atoms with Crippen molar-refractivity contribution in [3.63, 3.8) is 0 Å². The normalized spacial score (nSPS) is 19.0. The molecule has 2 aliphatic heterocycles. The molecule has 1 spiro atoms. The summed E-state index contributed by atoms with van der Waals surface area (Å²) < 4.78 is 33.0. The van der Waals surface area contributed by atoms with Gasteiger partial charge in [0.15, 0.2) is 0 Å². The lowest BCUT2D eigenvalue weighted by atomic mass is 9.69. The van der Waals surface area contributed by atoms with Crippen molar-refractivity contribution in [3.05, 3.63) is 94.7 Å².